The van der Waals surface area contributed by atoms with Crippen molar-refractivity contribution in [3.05, 3.63) is 29.0 Å². The molecule has 1 atom stereocenters. The third-order valence-corrected chi connectivity index (χ3v) is 2.26. The molecule has 0 aliphatic carbocycles. The van der Waals surface area contributed by atoms with Gasteiger partial charge in [0.2, 0.25) is 0 Å². The number of ether oxygens (including phenoxy) is 2. The molecule has 84 valence electrons. The first-order chi connectivity index (χ1) is 7.24. The van der Waals surface area contributed by atoms with Crippen LogP contribution in [0.25, 0.3) is 0 Å². The first-order valence-corrected chi connectivity index (χ1v) is 5.40. The molecule has 1 heterocycles. The molecule has 1 aromatic rings. The number of hydrogen-bond acceptors (Lipinski definition) is 3. The Labute approximate surface area is 95.4 Å². The van der Waals surface area contributed by atoms with Gasteiger partial charge in [-0.1, -0.05) is 17.7 Å². The molecule has 0 saturated heterocycles. The van der Waals surface area contributed by atoms with E-state index < -0.39 is 0 Å². The van der Waals surface area contributed by atoms with Crippen molar-refractivity contribution >= 4 is 11.6 Å². The van der Waals surface area contributed by atoms with Crippen molar-refractivity contribution < 1.29 is 9.47 Å². The zero-order valence-electron chi connectivity index (χ0n) is 9.07. The van der Waals surface area contributed by atoms with Gasteiger partial charge in [-0.3, -0.25) is 0 Å². The Morgan fingerprint density at radius 3 is 3.00 bits per heavy atom. The van der Waals surface area contributed by atoms with E-state index in [9.17, 15) is 0 Å². The molecule has 0 aliphatic heterocycles. The summed E-state index contributed by atoms with van der Waals surface area (Å²) in [6.07, 6.45) is 1.73. The van der Waals surface area contributed by atoms with Gasteiger partial charge in [0.1, 0.15) is 5.15 Å². The number of halogens is 1. The molecule has 3 nitrogen and oxygen atoms in total. The second-order valence-corrected chi connectivity index (χ2v) is 3.59. The molecule has 0 amide bonds. The lowest BCUT2D eigenvalue weighted by Gasteiger charge is -2.13. The minimum Gasteiger partial charge on any atom is -0.379 e. The molecule has 1 unspecified atom stereocenters. The van der Waals surface area contributed by atoms with E-state index in [0.29, 0.717) is 25.0 Å². The van der Waals surface area contributed by atoms with Crippen molar-refractivity contribution in [2.75, 3.05) is 13.2 Å². The zero-order valence-corrected chi connectivity index (χ0v) is 9.83. The van der Waals surface area contributed by atoms with Gasteiger partial charge in [-0.15, -0.1) is 0 Å². The Morgan fingerprint density at radius 1 is 1.53 bits per heavy atom. The van der Waals surface area contributed by atoms with Crippen LogP contribution < -0.4 is 0 Å². The normalized spacial score (nSPS) is 12.7. The highest BCUT2D eigenvalue weighted by Crippen LogP contribution is 2.13. The maximum Gasteiger partial charge on any atom is 0.134 e. The van der Waals surface area contributed by atoms with Gasteiger partial charge >= 0.3 is 0 Å². The van der Waals surface area contributed by atoms with Gasteiger partial charge in [-0.05, 0) is 19.9 Å². The minimum atomic E-state index is 0.0706. The van der Waals surface area contributed by atoms with Gasteiger partial charge < -0.3 is 9.47 Å². The lowest BCUT2D eigenvalue weighted by Crippen LogP contribution is -2.15. The Bertz CT molecular complexity index is 294. The molecule has 0 saturated carbocycles. The van der Waals surface area contributed by atoms with Crippen LogP contribution in [0.4, 0.5) is 0 Å². The molecule has 4 heteroatoms. The van der Waals surface area contributed by atoms with E-state index in [1.54, 1.807) is 6.20 Å². The summed E-state index contributed by atoms with van der Waals surface area (Å²) in [7, 11) is 0. The van der Waals surface area contributed by atoms with Gasteiger partial charge in [0, 0.05) is 18.4 Å². The topological polar surface area (TPSA) is 31.4 Å². The number of rotatable bonds is 6. The lowest BCUT2D eigenvalue weighted by molar-refractivity contribution is -0.0117. The molecule has 1 rings (SSSR count). The molecule has 0 radical (unpaired) electrons. The molecular formula is C11H16ClNO2. The SMILES string of the molecule is CCOCC(C)OCc1cccnc1Cl. The van der Waals surface area contributed by atoms with Crippen LogP contribution in [0.15, 0.2) is 18.3 Å². The maximum atomic E-state index is 5.89. The largest absolute Gasteiger partial charge is 0.379 e. The second-order valence-electron chi connectivity index (χ2n) is 3.23. The zero-order chi connectivity index (χ0) is 11.1. The first kappa shape index (κ1) is 12.4. The van der Waals surface area contributed by atoms with Crippen LogP contribution in [0, 0.1) is 0 Å². The molecule has 1 aromatic heterocycles. The molecule has 0 spiro atoms. The van der Waals surface area contributed by atoms with Crippen LogP contribution in [0.2, 0.25) is 5.15 Å². The Morgan fingerprint density at radius 2 is 2.33 bits per heavy atom. The van der Waals surface area contributed by atoms with Gasteiger partial charge in [0.05, 0.1) is 19.3 Å². The predicted molar refractivity (Wildman–Crippen MR) is 60.0 cm³/mol. The Hall–Kier alpha value is -0.640. The lowest BCUT2D eigenvalue weighted by atomic mass is 10.3. The number of nitrogens with zero attached hydrogens (tertiary/aromatic N) is 1. The smallest absolute Gasteiger partial charge is 0.134 e. The molecule has 15 heavy (non-hydrogen) atoms. The minimum absolute atomic E-state index is 0.0706. The molecule has 0 N–H and O–H groups in total. The number of pyridine rings is 1. The monoisotopic (exact) mass is 229 g/mol. The highest BCUT2D eigenvalue weighted by Gasteiger charge is 2.05. The van der Waals surface area contributed by atoms with Gasteiger partial charge in [-0.2, -0.15) is 0 Å². The fourth-order valence-corrected chi connectivity index (χ4v) is 1.26. The number of aromatic nitrogens is 1. The summed E-state index contributed by atoms with van der Waals surface area (Å²) in [6, 6.07) is 3.75. The van der Waals surface area contributed by atoms with E-state index in [1.807, 2.05) is 26.0 Å². The molecular weight excluding hydrogens is 214 g/mol. The van der Waals surface area contributed by atoms with Crippen LogP contribution in [-0.4, -0.2) is 24.3 Å². The summed E-state index contributed by atoms with van der Waals surface area (Å²) in [5, 5.41) is 0.501. The fraction of sp³-hybridized carbons (Fsp3) is 0.545. The van der Waals surface area contributed by atoms with Crippen molar-refractivity contribution in [1.29, 1.82) is 0 Å². The van der Waals surface area contributed by atoms with Crippen molar-refractivity contribution in [2.24, 2.45) is 0 Å². The third-order valence-electron chi connectivity index (χ3n) is 1.92. The van der Waals surface area contributed by atoms with Gasteiger partial charge in [0.25, 0.3) is 0 Å². The van der Waals surface area contributed by atoms with Gasteiger partial charge in [-0.25, -0.2) is 4.98 Å². The summed E-state index contributed by atoms with van der Waals surface area (Å²) in [4.78, 5) is 3.97. The van der Waals surface area contributed by atoms with Crippen molar-refractivity contribution in [2.45, 2.75) is 26.6 Å². The third kappa shape index (κ3) is 4.60. The molecule has 0 aliphatic rings. The predicted octanol–water partition coefficient (Wildman–Crippen LogP) is 2.68. The molecule has 0 fully saturated rings. The fourth-order valence-electron chi connectivity index (χ4n) is 1.09. The van der Waals surface area contributed by atoms with Crippen molar-refractivity contribution in [1.82, 2.24) is 4.98 Å². The maximum absolute atomic E-state index is 5.89. The molecule has 0 bridgehead atoms. The van der Waals surface area contributed by atoms with E-state index in [-0.39, 0.29) is 6.10 Å². The Kier molecular flexibility index (Phi) is 5.61. The van der Waals surface area contributed by atoms with Crippen LogP contribution in [0.1, 0.15) is 19.4 Å². The highest BCUT2D eigenvalue weighted by atomic mass is 35.5. The highest BCUT2D eigenvalue weighted by molar-refractivity contribution is 6.30. The van der Waals surface area contributed by atoms with E-state index in [0.717, 1.165) is 5.56 Å². The van der Waals surface area contributed by atoms with E-state index in [2.05, 4.69) is 4.98 Å². The average Bonchev–Trinajstić information content (AvgIpc) is 2.25. The van der Waals surface area contributed by atoms with Crippen molar-refractivity contribution in [3.63, 3.8) is 0 Å². The second kappa shape index (κ2) is 6.77. The number of hydrogen-bond donors (Lipinski definition) is 0. The summed E-state index contributed by atoms with van der Waals surface area (Å²) >= 11 is 5.89. The standard InChI is InChI=1S/C11H16ClNO2/c1-3-14-7-9(2)15-8-10-5-4-6-13-11(10)12/h4-6,9H,3,7-8H2,1-2H3. The first-order valence-electron chi connectivity index (χ1n) is 5.02. The van der Waals surface area contributed by atoms with Crippen LogP contribution >= 0.6 is 11.6 Å². The van der Waals surface area contributed by atoms with Crippen molar-refractivity contribution in [3.8, 4) is 0 Å². The average molecular weight is 230 g/mol. The summed E-state index contributed by atoms with van der Waals surface area (Å²) in [5.41, 5.74) is 0.905. The quantitative estimate of drug-likeness (QED) is 0.703. The summed E-state index contributed by atoms with van der Waals surface area (Å²) < 4.78 is 10.8. The van der Waals surface area contributed by atoms with Crippen LogP contribution in [0.5, 0.6) is 0 Å². The summed E-state index contributed by atoms with van der Waals surface area (Å²) in [6.45, 7) is 5.72. The van der Waals surface area contributed by atoms with Crippen LogP contribution in [0.3, 0.4) is 0 Å². The Balaban J connectivity index is 2.33. The van der Waals surface area contributed by atoms with Crippen LogP contribution in [-0.2, 0) is 16.1 Å². The van der Waals surface area contributed by atoms with E-state index in [1.165, 1.54) is 0 Å². The molecule has 0 aromatic carbocycles. The summed E-state index contributed by atoms with van der Waals surface area (Å²) in [5.74, 6) is 0. The van der Waals surface area contributed by atoms with E-state index >= 15 is 0 Å². The van der Waals surface area contributed by atoms with E-state index in [4.69, 9.17) is 21.1 Å². The van der Waals surface area contributed by atoms with Gasteiger partial charge in [0.15, 0.2) is 0 Å².